The molecule has 2 aliphatic rings. The van der Waals surface area contributed by atoms with E-state index < -0.39 is 10.8 Å². The first kappa shape index (κ1) is 33.0. The molecule has 0 aliphatic heterocycles. The molecule has 39 heavy (non-hydrogen) atoms. The molecule has 0 heterocycles. The summed E-state index contributed by atoms with van der Waals surface area (Å²) in [5.41, 5.74) is -0.412. The lowest BCUT2D eigenvalue weighted by atomic mass is 9.44. The lowest BCUT2D eigenvalue weighted by molar-refractivity contribution is -0.153. The van der Waals surface area contributed by atoms with Crippen LogP contribution in [0, 0.1) is 50.2 Å². The molecule has 0 aromatic carbocycles. The van der Waals surface area contributed by atoms with Crippen LogP contribution in [0.3, 0.4) is 0 Å². The minimum Gasteiger partial charge on any atom is -0.469 e. The van der Waals surface area contributed by atoms with Crippen LogP contribution in [0.1, 0.15) is 121 Å². The highest BCUT2D eigenvalue weighted by atomic mass is 16.5. The lowest BCUT2D eigenvalue weighted by Gasteiger charge is -2.59. The van der Waals surface area contributed by atoms with Crippen LogP contribution in [0.25, 0.3) is 0 Å². The van der Waals surface area contributed by atoms with Crippen molar-refractivity contribution in [3.63, 3.8) is 0 Å². The molecule has 0 unspecified atom stereocenters. The zero-order valence-electron chi connectivity index (χ0n) is 26.5. The summed E-state index contributed by atoms with van der Waals surface area (Å²) in [6, 6.07) is 2.13. The van der Waals surface area contributed by atoms with Crippen molar-refractivity contribution in [2.45, 2.75) is 121 Å². The van der Waals surface area contributed by atoms with Crippen LogP contribution >= 0.6 is 0 Å². The number of carbonyl (C=O) groups excluding carboxylic acids is 3. The molecule has 0 saturated heterocycles. The molecule has 2 aliphatic carbocycles. The molecule has 5 atom stereocenters. The quantitative estimate of drug-likeness (QED) is 0.195. The molecule has 5 nitrogen and oxygen atoms in total. The van der Waals surface area contributed by atoms with Crippen LogP contribution in [0.2, 0.25) is 0 Å². The van der Waals surface area contributed by atoms with Gasteiger partial charge < -0.3 is 4.74 Å². The Labute approximate surface area is 237 Å². The Kier molecular flexibility index (Phi) is 9.91. The number of carbonyl (C=O) groups is 3. The van der Waals surface area contributed by atoms with Gasteiger partial charge in [-0.3, -0.25) is 14.4 Å². The van der Waals surface area contributed by atoms with Gasteiger partial charge >= 0.3 is 5.97 Å². The molecule has 0 N–H and O–H groups in total. The van der Waals surface area contributed by atoms with E-state index in [1.54, 1.807) is 13.0 Å². The number of nitrogens with zero attached hydrogens (tertiary/aromatic N) is 1. The minimum atomic E-state index is -0.599. The van der Waals surface area contributed by atoms with Crippen LogP contribution in [-0.4, -0.2) is 24.6 Å². The van der Waals surface area contributed by atoms with Gasteiger partial charge in [-0.15, -0.1) is 0 Å². The van der Waals surface area contributed by atoms with E-state index in [-0.39, 0.29) is 51.2 Å². The number of ether oxygens (including phenoxy) is 1. The first-order valence-electron chi connectivity index (χ1n) is 14.8. The molecular weight excluding hydrogens is 486 g/mol. The van der Waals surface area contributed by atoms with E-state index in [9.17, 15) is 19.6 Å². The molecule has 0 spiro atoms. The number of fused-ring (bicyclic) bond motifs is 1. The zero-order chi connectivity index (χ0) is 30.0. The van der Waals surface area contributed by atoms with Crippen LogP contribution < -0.4 is 0 Å². The Hall–Kier alpha value is -2.22. The van der Waals surface area contributed by atoms with Gasteiger partial charge in [0.15, 0.2) is 11.6 Å². The Balaban J connectivity index is 2.50. The number of methoxy groups -OCH3 is 1. The van der Waals surface area contributed by atoms with Gasteiger partial charge in [0, 0.05) is 11.3 Å². The molecule has 0 amide bonds. The molecule has 0 bridgehead atoms. The normalized spacial score (nSPS) is 30.2. The van der Waals surface area contributed by atoms with Crippen molar-refractivity contribution in [1.82, 2.24) is 0 Å². The second-order valence-electron chi connectivity index (χ2n) is 14.6. The first-order valence-corrected chi connectivity index (χ1v) is 14.8. The van der Waals surface area contributed by atoms with Crippen molar-refractivity contribution < 1.29 is 19.1 Å². The molecule has 0 aromatic heterocycles. The van der Waals surface area contributed by atoms with E-state index in [1.165, 1.54) is 7.11 Å². The van der Waals surface area contributed by atoms with Gasteiger partial charge in [-0.2, -0.15) is 5.26 Å². The molecule has 2 rings (SSSR count). The van der Waals surface area contributed by atoms with Crippen LogP contribution in [0.15, 0.2) is 23.3 Å². The molecular formula is C34H53NO4. The van der Waals surface area contributed by atoms with E-state index in [1.807, 2.05) is 19.9 Å². The van der Waals surface area contributed by atoms with E-state index in [0.717, 1.165) is 50.5 Å². The minimum absolute atomic E-state index is 0.0251. The van der Waals surface area contributed by atoms with Crippen molar-refractivity contribution in [3.8, 4) is 6.07 Å². The lowest BCUT2D eigenvalue weighted by Crippen LogP contribution is -2.52. The summed E-state index contributed by atoms with van der Waals surface area (Å²) in [7, 11) is 1.48. The third-order valence-corrected chi connectivity index (χ3v) is 10.8. The Morgan fingerprint density at radius 1 is 1.10 bits per heavy atom. The van der Waals surface area contributed by atoms with Gasteiger partial charge in [-0.25, -0.2) is 0 Å². The van der Waals surface area contributed by atoms with Gasteiger partial charge in [0.25, 0.3) is 0 Å². The molecule has 5 heteroatoms. The summed E-state index contributed by atoms with van der Waals surface area (Å²) < 4.78 is 5.32. The third-order valence-electron chi connectivity index (χ3n) is 10.8. The Bertz CT molecular complexity index is 1070. The highest BCUT2D eigenvalue weighted by molar-refractivity contribution is 6.02. The van der Waals surface area contributed by atoms with E-state index >= 15 is 0 Å². The van der Waals surface area contributed by atoms with E-state index in [0.29, 0.717) is 6.42 Å². The van der Waals surface area contributed by atoms with Crippen molar-refractivity contribution >= 4 is 17.5 Å². The fourth-order valence-corrected chi connectivity index (χ4v) is 7.59. The van der Waals surface area contributed by atoms with Crippen molar-refractivity contribution in [3.05, 3.63) is 23.3 Å². The highest BCUT2D eigenvalue weighted by Gasteiger charge is 2.58. The number of hydrogen-bond donors (Lipinski definition) is 0. The SMILES string of the molecule is CCCC(C)(C)CC[C@@](C)(CCC(C)(C)[C@]1(C)CC[C@H]2[C@H](C)C(=O)C(C#N)=C[C@]2(C)/C1=C/C(C)=O)C(=O)OC. The molecule has 1 saturated carbocycles. The summed E-state index contributed by atoms with van der Waals surface area (Å²) in [5.74, 6) is -0.510. The van der Waals surface area contributed by atoms with Gasteiger partial charge in [0.2, 0.25) is 0 Å². The van der Waals surface area contributed by atoms with Crippen LogP contribution in [0.4, 0.5) is 0 Å². The Morgan fingerprint density at radius 2 is 1.69 bits per heavy atom. The molecule has 1 fully saturated rings. The van der Waals surface area contributed by atoms with Crippen LogP contribution in [0.5, 0.6) is 0 Å². The average Bonchev–Trinajstić information content (AvgIpc) is 2.85. The fourth-order valence-electron chi connectivity index (χ4n) is 7.59. The standard InChI is InChI=1S/C34H53NO4/c1-12-14-30(4,5)16-18-32(8,29(38)39-11)19-17-31(6,7)34(10)15-13-26-24(3)28(37)25(22-35)21-33(26,9)27(34)20-23(2)36/h20-21,24,26H,12-19H2,1-11H3/b27-20-/t24-,26-,32-,33-,34+/m0/s1. The van der Waals surface area contributed by atoms with Crippen molar-refractivity contribution in [1.29, 1.82) is 5.26 Å². The summed E-state index contributed by atoms with van der Waals surface area (Å²) in [5, 5.41) is 9.76. The van der Waals surface area contributed by atoms with Crippen molar-refractivity contribution in [2.75, 3.05) is 7.11 Å². The van der Waals surface area contributed by atoms with Crippen molar-refractivity contribution in [2.24, 2.45) is 38.9 Å². The summed E-state index contributed by atoms with van der Waals surface area (Å²) in [6.07, 6.45) is 10.7. The predicted molar refractivity (Wildman–Crippen MR) is 157 cm³/mol. The highest BCUT2D eigenvalue weighted by Crippen LogP contribution is 2.65. The topological polar surface area (TPSA) is 84.2 Å². The number of rotatable bonds is 11. The molecule has 218 valence electrons. The third kappa shape index (κ3) is 6.41. The van der Waals surface area contributed by atoms with Gasteiger partial charge in [0.05, 0.1) is 18.1 Å². The predicted octanol–water partition coefficient (Wildman–Crippen LogP) is 8.19. The van der Waals surface area contributed by atoms with Gasteiger partial charge in [-0.05, 0) is 87.0 Å². The van der Waals surface area contributed by atoms with Gasteiger partial charge in [0.1, 0.15) is 6.07 Å². The summed E-state index contributed by atoms with van der Waals surface area (Å²) in [6.45, 7) is 21.1. The summed E-state index contributed by atoms with van der Waals surface area (Å²) in [4.78, 5) is 38.6. The monoisotopic (exact) mass is 539 g/mol. The average molecular weight is 540 g/mol. The Morgan fingerprint density at radius 3 is 2.21 bits per heavy atom. The maximum absolute atomic E-state index is 13.1. The smallest absolute Gasteiger partial charge is 0.311 e. The molecule has 0 aromatic rings. The first-order chi connectivity index (χ1) is 17.8. The maximum Gasteiger partial charge on any atom is 0.311 e. The van der Waals surface area contributed by atoms with E-state index in [4.69, 9.17) is 4.74 Å². The second kappa shape index (κ2) is 11.7. The van der Waals surface area contributed by atoms with E-state index in [2.05, 4.69) is 54.5 Å². The van der Waals surface area contributed by atoms with Gasteiger partial charge in [-0.1, -0.05) is 73.5 Å². The fraction of sp³-hybridized carbons (Fsp3) is 0.765. The maximum atomic E-state index is 13.1. The largest absolute Gasteiger partial charge is 0.469 e. The number of ketones is 2. The number of allylic oxidation sites excluding steroid dienone is 4. The number of Topliss-reactive ketones (excluding diaryl/α,β-unsaturated/α-hetero) is 1. The second-order valence-corrected chi connectivity index (χ2v) is 14.6. The summed E-state index contributed by atoms with van der Waals surface area (Å²) >= 11 is 0. The molecule has 0 radical (unpaired) electrons. The van der Waals surface area contributed by atoms with Crippen LogP contribution in [-0.2, 0) is 19.1 Å². The number of hydrogen-bond acceptors (Lipinski definition) is 5. The number of nitriles is 1. The number of esters is 1. The zero-order valence-corrected chi connectivity index (χ0v) is 26.5.